The Morgan fingerprint density at radius 3 is 2.50 bits per heavy atom. The summed E-state index contributed by atoms with van der Waals surface area (Å²) >= 11 is 12.0. The van der Waals surface area contributed by atoms with E-state index in [2.05, 4.69) is 19.2 Å². The molecule has 0 radical (unpaired) electrons. The second kappa shape index (κ2) is 8.76. The fourth-order valence-corrected chi connectivity index (χ4v) is 2.38. The first-order chi connectivity index (χ1) is 10.3. The molecular weight excluding hydrogens is 321 g/mol. The number of ether oxygens (including phenoxy) is 1. The minimum Gasteiger partial charge on any atom is -0.368 e. The molecule has 0 heterocycles. The van der Waals surface area contributed by atoms with Gasteiger partial charge in [0.25, 0.3) is 0 Å². The van der Waals surface area contributed by atoms with Crippen LogP contribution < -0.4 is 5.32 Å². The average molecular weight is 346 g/mol. The SMILES string of the molecule is CCCOC(CC)C(=O)NCC(C)(C)c1ccc(Cl)c(Cl)c1. The molecule has 1 amide bonds. The molecule has 0 saturated carbocycles. The lowest BCUT2D eigenvalue weighted by Crippen LogP contribution is -2.42. The number of carbonyl (C=O) groups excluding carboxylic acids is 1. The highest BCUT2D eigenvalue weighted by Crippen LogP contribution is 2.29. The van der Waals surface area contributed by atoms with Crippen LogP contribution in [0, 0.1) is 0 Å². The van der Waals surface area contributed by atoms with Crippen LogP contribution in [0.25, 0.3) is 0 Å². The predicted molar refractivity (Wildman–Crippen MR) is 92.8 cm³/mol. The zero-order valence-corrected chi connectivity index (χ0v) is 15.2. The second-order valence-corrected chi connectivity index (χ2v) is 6.81. The molecule has 1 atom stereocenters. The van der Waals surface area contributed by atoms with Crippen LogP contribution in [-0.4, -0.2) is 25.2 Å². The van der Waals surface area contributed by atoms with Crippen molar-refractivity contribution < 1.29 is 9.53 Å². The summed E-state index contributed by atoms with van der Waals surface area (Å²) in [4.78, 5) is 12.2. The number of halogens is 2. The highest BCUT2D eigenvalue weighted by Gasteiger charge is 2.24. The number of carbonyl (C=O) groups is 1. The Hall–Kier alpha value is -0.770. The molecule has 0 aliphatic heterocycles. The van der Waals surface area contributed by atoms with Gasteiger partial charge in [0.15, 0.2) is 0 Å². The van der Waals surface area contributed by atoms with Gasteiger partial charge in [0.2, 0.25) is 5.91 Å². The molecule has 124 valence electrons. The smallest absolute Gasteiger partial charge is 0.249 e. The van der Waals surface area contributed by atoms with E-state index in [0.717, 1.165) is 12.0 Å². The topological polar surface area (TPSA) is 38.3 Å². The Balaban J connectivity index is 2.67. The predicted octanol–water partition coefficient (Wildman–Crippen LogP) is 4.59. The van der Waals surface area contributed by atoms with Gasteiger partial charge in [-0.1, -0.05) is 57.0 Å². The molecule has 1 aromatic rings. The van der Waals surface area contributed by atoms with Crippen LogP contribution in [0.4, 0.5) is 0 Å². The summed E-state index contributed by atoms with van der Waals surface area (Å²) in [5.74, 6) is -0.0657. The lowest BCUT2D eigenvalue weighted by Gasteiger charge is -2.27. The Bertz CT molecular complexity index is 503. The average Bonchev–Trinajstić information content (AvgIpc) is 2.48. The maximum atomic E-state index is 12.2. The van der Waals surface area contributed by atoms with Crippen molar-refractivity contribution in [3.63, 3.8) is 0 Å². The number of nitrogens with one attached hydrogen (secondary N) is 1. The third-order valence-electron chi connectivity index (χ3n) is 3.59. The molecule has 1 aromatic carbocycles. The molecule has 0 fully saturated rings. The Morgan fingerprint density at radius 2 is 1.95 bits per heavy atom. The molecule has 1 N–H and O–H groups in total. The molecule has 0 bridgehead atoms. The molecule has 0 aliphatic rings. The van der Waals surface area contributed by atoms with E-state index in [4.69, 9.17) is 27.9 Å². The fourth-order valence-electron chi connectivity index (χ4n) is 2.08. The molecule has 0 aliphatic carbocycles. The standard InChI is InChI=1S/C17H25Cl2NO2/c1-5-9-22-15(6-2)16(21)20-11-17(3,4)12-7-8-13(18)14(19)10-12/h7-8,10,15H,5-6,9,11H2,1-4H3,(H,20,21). The molecule has 3 nitrogen and oxygen atoms in total. The van der Waals surface area contributed by atoms with Gasteiger partial charge in [-0.05, 0) is 30.5 Å². The molecular formula is C17H25Cl2NO2. The number of hydrogen-bond acceptors (Lipinski definition) is 2. The monoisotopic (exact) mass is 345 g/mol. The lowest BCUT2D eigenvalue weighted by atomic mass is 9.84. The quantitative estimate of drug-likeness (QED) is 0.747. The number of amides is 1. The minimum absolute atomic E-state index is 0.0657. The van der Waals surface area contributed by atoms with Crippen molar-refractivity contribution in [2.24, 2.45) is 0 Å². The Morgan fingerprint density at radius 1 is 1.27 bits per heavy atom. The fraction of sp³-hybridized carbons (Fsp3) is 0.588. The summed E-state index contributed by atoms with van der Waals surface area (Å²) < 4.78 is 5.56. The van der Waals surface area contributed by atoms with E-state index in [9.17, 15) is 4.79 Å². The van der Waals surface area contributed by atoms with Crippen molar-refractivity contribution in [2.45, 2.75) is 52.1 Å². The zero-order chi connectivity index (χ0) is 16.8. The molecule has 1 rings (SSSR count). The molecule has 0 saturated heterocycles. The van der Waals surface area contributed by atoms with Crippen molar-refractivity contribution in [2.75, 3.05) is 13.2 Å². The molecule has 5 heteroatoms. The molecule has 1 unspecified atom stereocenters. The van der Waals surface area contributed by atoms with Crippen molar-refractivity contribution >= 4 is 29.1 Å². The van der Waals surface area contributed by atoms with E-state index < -0.39 is 0 Å². The Kier molecular flexibility index (Phi) is 7.67. The van der Waals surface area contributed by atoms with E-state index in [1.807, 2.05) is 26.0 Å². The van der Waals surface area contributed by atoms with Crippen LogP contribution in [0.5, 0.6) is 0 Å². The van der Waals surface area contributed by atoms with Gasteiger partial charge in [-0.25, -0.2) is 0 Å². The number of benzene rings is 1. The first-order valence-electron chi connectivity index (χ1n) is 7.66. The molecule has 22 heavy (non-hydrogen) atoms. The maximum absolute atomic E-state index is 12.2. The second-order valence-electron chi connectivity index (χ2n) is 6.00. The van der Waals surface area contributed by atoms with E-state index in [1.165, 1.54) is 0 Å². The minimum atomic E-state index is -0.385. The van der Waals surface area contributed by atoms with Crippen molar-refractivity contribution in [3.8, 4) is 0 Å². The van der Waals surface area contributed by atoms with Crippen LogP contribution in [0.15, 0.2) is 18.2 Å². The van der Waals surface area contributed by atoms with Gasteiger partial charge >= 0.3 is 0 Å². The van der Waals surface area contributed by atoms with Crippen molar-refractivity contribution in [3.05, 3.63) is 33.8 Å². The number of rotatable bonds is 8. The van der Waals surface area contributed by atoms with Gasteiger partial charge in [-0.2, -0.15) is 0 Å². The summed E-state index contributed by atoms with van der Waals surface area (Å²) in [5, 5.41) is 4.03. The number of hydrogen-bond donors (Lipinski definition) is 1. The largest absolute Gasteiger partial charge is 0.368 e. The summed E-state index contributed by atoms with van der Waals surface area (Å²) in [6, 6.07) is 5.56. The van der Waals surface area contributed by atoms with Gasteiger partial charge < -0.3 is 10.1 Å². The first-order valence-corrected chi connectivity index (χ1v) is 8.42. The van der Waals surface area contributed by atoms with E-state index in [0.29, 0.717) is 29.6 Å². The van der Waals surface area contributed by atoms with Gasteiger partial charge in [0.1, 0.15) is 6.10 Å². The van der Waals surface area contributed by atoms with Crippen LogP contribution in [-0.2, 0) is 14.9 Å². The first kappa shape index (κ1) is 19.3. The zero-order valence-electron chi connectivity index (χ0n) is 13.7. The summed E-state index contributed by atoms with van der Waals surface area (Å²) in [6.45, 7) is 9.20. The highest BCUT2D eigenvalue weighted by molar-refractivity contribution is 6.42. The van der Waals surface area contributed by atoms with Crippen molar-refractivity contribution in [1.82, 2.24) is 5.32 Å². The van der Waals surface area contributed by atoms with Crippen LogP contribution in [0.2, 0.25) is 10.0 Å². The maximum Gasteiger partial charge on any atom is 0.249 e. The molecule has 0 aromatic heterocycles. The highest BCUT2D eigenvalue weighted by atomic mass is 35.5. The van der Waals surface area contributed by atoms with Crippen LogP contribution in [0.1, 0.15) is 46.1 Å². The summed E-state index contributed by atoms with van der Waals surface area (Å²) in [7, 11) is 0. The van der Waals surface area contributed by atoms with E-state index in [-0.39, 0.29) is 17.4 Å². The Labute approximate surface area is 143 Å². The van der Waals surface area contributed by atoms with Gasteiger partial charge in [0, 0.05) is 18.6 Å². The van der Waals surface area contributed by atoms with Gasteiger partial charge in [0.05, 0.1) is 10.0 Å². The normalized spacial score (nSPS) is 13.0. The van der Waals surface area contributed by atoms with Crippen LogP contribution >= 0.6 is 23.2 Å². The van der Waals surface area contributed by atoms with Crippen molar-refractivity contribution in [1.29, 1.82) is 0 Å². The third-order valence-corrected chi connectivity index (χ3v) is 4.33. The summed E-state index contributed by atoms with van der Waals surface area (Å²) in [5.41, 5.74) is 0.789. The van der Waals surface area contributed by atoms with E-state index >= 15 is 0 Å². The van der Waals surface area contributed by atoms with Crippen LogP contribution in [0.3, 0.4) is 0 Å². The summed E-state index contributed by atoms with van der Waals surface area (Å²) in [6.07, 6.45) is 1.18. The molecule has 0 spiro atoms. The van der Waals surface area contributed by atoms with Gasteiger partial charge in [-0.3, -0.25) is 4.79 Å². The lowest BCUT2D eigenvalue weighted by molar-refractivity contribution is -0.133. The van der Waals surface area contributed by atoms with Gasteiger partial charge in [-0.15, -0.1) is 0 Å². The van der Waals surface area contributed by atoms with E-state index in [1.54, 1.807) is 6.07 Å². The third kappa shape index (κ3) is 5.45.